The van der Waals surface area contributed by atoms with Crippen molar-refractivity contribution in [1.29, 1.82) is 0 Å². The first kappa shape index (κ1) is 14.3. The molecule has 1 heterocycles. The Morgan fingerprint density at radius 1 is 1.12 bits per heavy atom. The van der Waals surface area contributed by atoms with E-state index in [1.54, 1.807) is 18.2 Å². The molecule has 24 heavy (non-hydrogen) atoms. The minimum Gasteiger partial charge on any atom is -0.482 e. The van der Waals surface area contributed by atoms with Gasteiger partial charge in [0.25, 0.3) is 5.91 Å². The second kappa shape index (κ2) is 4.98. The molecule has 4 aliphatic carbocycles. The van der Waals surface area contributed by atoms with Crippen molar-refractivity contribution in [2.75, 3.05) is 11.9 Å². The molecule has 0 atom stereocenters. The first-order chi connectivity index (χ1) is 11.6. The smallest absolute Gasteiger partial charge is 0.317 e. The van der Waals surface area contributed by atoms with Crippen LogP contribution in [-0.4, -0.2) is 18.5 Å². The number of benzene rings is 1. The van der Waals surface area contributed by atoms with Crippen LogP contribution in [0.25, 0.3) is 0 Å². The molecule has 0 saturated heterocycles. The number of hydrogen-bond acceptors (Lipinski definition) is 4. The number of rotatable bonds is 2. The van der Waals surface area contributed by atoms with Gasteiger partial charge in [-0.05, 0) is 68.4 Å². The Bertz CT molecular complexity index is 691. The molecule has 5 aliphatic rings. The predicted octanol–water partition coefficient (Wildman–Crippen LogP) is 3.14. The number of fused-ring (bicyclic) bond motifs is 1. The molecule has 1 amide bonds. The summed E-state index contributed by atoms with van der Waals surface area (Å²) in [5, 5.41) is 2.75. The van der Waals surface area contributed by atoms with E-state index >= 15 is 0 Å². The standard InChI is InChI=1S/C19H21NO4/c21-17-10-23-16-2-1-14(6-15(16)20-17)24-18(22)19-7-11-3-12(8-19)5-13(4-11)9-19/h1-2,6,11-13H,3-5,7-10H2,(H,20,21). The van der Waals surface area contributed by atoms with Gasteiger partial charge in [-0.15, -0.1) is 0 Å². The molecule has 0 aromatic heterocycles. The van der Waals surface area contributed by atoms with Crippen LogP contribution in [0.4, 0.5) is 5.69 Å². The van der Waals surface area contributed by atoms with Crippen molar-refractivity contribution < 1.29 is 19.1 Å². The second-order valence-corrected chi connectivity index (χ2v) is 8.08. The molecule has 4 saturated carbocycles. The molecule has 0 unspecified atom stereocenters. The van der Waals surface area contributed by atoms with Crippen LogP contribution in [0.15, 0.2) is 18.2 Å². The van der Waals surface area contributed by atoms with Gasteiger partial charge in [-0.3, -0.25) is 9.59 Å². The van der Waals surface area contributed by atoms with E-state index in [1.165, 1.54) is 19.3 Å². The van der Waals surface area contributed by atoms with Gasteiger partial charge in [0.1, 0.15) is 11.5 Å². The van der Waals surface area contributed by atoms with E-state index in [0.717, 1.165) is 19.3 Å². The van der Waals surface area contributed by atoms with Gasteiger partial charge in [-0.1, -0.05) is 0 Å². The molecule has 0 radical (unpaired) electrons. The van der Waals surface area contributed by atoms with Crippen molar-refractivity contribution in [3.63, 3.8) is 0 Å². The van der Waals surface area contributed by atoms with Crippen LogP contribution in [0.1, 0.15) is 38.5 Å². The van der Waals surface area contributed by atoms with Gasteiger partial charge in [0.2, 0.25) is 0 Å². The van der Waals surface area contributed by atoms with E-state index < -0.39 is 0 Å². The van der Waals surface area contributed by atoms with E-state index in [-0.39, 0.29) is 23.9 Å². The van der Waals surface area contributed by atoms with Crippen LogP contribution in [0.3, 0.4) is 0 Å². The molecule has 4 fully saturated rings. The first-order valence-electron chi connectivity index (χ1n) is 8.89. The lowest BCUT2D eigenvalue weighted by atomic mass is 9.49. The van der Waals surface area contributed by atoms with E-state index in [4.69, 9.17) is 9.47 Å². The maximum absolute atomic E-state index is 13.0. The maximum atomic E-state index is 13.0. The first-order valence-corrected chi connectivity index (χ1v) is 8.89. The third kappa shape index (κ3) is 2.21. The minimum atomic E-state index is -0.273. The number of anilines is 1. The Labute approximate surface area is 140 Å². The molecule has 1 aromatic carbocycles. The molecule has 5 heteroatoms. The van der Waals surface area contributed by atoms with Crippen LogP contribution in [0, 0.1) is 23.2 Å². The fourth-order valence-electron chi connectivity index (χ4n) is 5.70. The zero-order chi connectivity index (χ0) is 16.3. The lowest BCUT2D eigenvalue weighted by Gasteiger charge is -2.55. The number of esters is 1. The molecule has 0 spiro atoms. The highest BCUT2D eigenvalue weighted by Gasteiger charge is 2.55. The Balaban J connectivity index is 1.37. The highest BCUT2D eigenvalue weighted by Crippen LogP contribution is 2.60. The summed E-state index contributed by atoms with van der Waals surface area (Å²) in [6.45, 7) is 0.0272. The van der Waals surface area contributed by atoms with Gasteiger partial charge in [-0.25, -0.2) is 0 Å². The van der Waals surface area contributed by atoms with Crippen molar-refractivity contribution in [2.24, 2.45) is 23.2 Å². The monoisotopic (exact) mass is 327 g/mol. The number of carbonyl (C=O) groups is 2. The number of nitrogens with one attached hydrogen (secondary N) is 1. The van der Waals surface area contributed by atoms with Gasteiger partial charge in [0.15, 0.2) is 6.61 Å². The molecule has 6 rings (SSSR count). The Morgan fingerprint density at radius 2 is 1.79 bits per heavy atom. The van der Waals surface area contributed by atoms with Crippen molar-refractivity contribution in [1.82, 2.24) is 0 Å². The summed E-state index contributed by atoms with van der Waals surface area (Å²) in [5.74, 6) is 2.96. The number of amides is 1. The number of hydrogen-bond donors (Lipinski definition) is 1. The van der Waals surface area contributed by atoms with Gasteiger partial charge in [0, 0.05) is 6.07 Å². The normalized spacial score (nSPS) is 35.8. The number of ether oxygens (including phenoxy) is 2. The Hall–Kier alpha value is -2.04. The SMILES string of the molecule is O=C1COc2ccc(OC(=O)C34CC5CC(CC(C5)C3)C4)cc2N1. The molecule has 1 N–H and O–H groups in total. The second-order valence-electron chi connectivity index (χ2n) is 8.08. The van der Waals surface area contributed by atoms with Gasteiger partial charge >= 0.3 is 5.97 Å². The summed E-state index contributed by atoms with van der Waals surface area (Å²) < 4.78 is 11.1. The summed E-state index contributed by atoms with van der Waals surface area (Å²) >= 11 is 0. The largest absolute Gasteiger partial charge is 0.482 e. The van der Waals surface area contributed by atoms with Gasteiger partial charge < -0.3 is 14.8 Å². The molecule has 5 nitrogen and oxygen atoms in total. The van der Waals surface area contributed by atoms with Crippen LogP contribution < -0.4 is 14.8 Å². The summed E-state index contributed by atoms with van der Waals surface area (Å²) in [4.78, 5) is 24.4. The minimum absolute atomic E-state index is 0.0272. The highest BCUT2D eigenvalue weighted by molar-refractivity contribution is 5.95. The van der Waals surface area contributed by atoms with Gasteiger partial charge in [-0.2, -0.15) is 0 Å². The van der Waals surface area contributed by atoms with E-state index in [0.29, 0.717) is 34.9 Å². The van der Waals surface area contributed by atoms with Crippen LogP contribution in [0.5, 0.6) is 11.5 Å². The maximum Gasteiger partial charge on any atom is 0.317 e. The van der Waals surface area contributed by atoms with Crippen molar-refractivity contribution in [3.8, 4) is 11.5 Å². The quantitative estimate of drug-likeness (QED) is 0.669. The van der Waals surface area contributed by atoms with Crippen LogP contribution >= 0.6 is 0 Å². The summed E-state index contributed by atoms with van der Waals surface area (Å²) in [6, 6.07) is 5.18. The van der Waals surface area contributed by atoms with Crippen LogP contribution in [0.2, 0.25) is 0 Å². The van der Waals surface area contributed by atoms with E-state index in [2.05, 4.69) is 5.32 Å². The van der Waals surface area contributed by atoms with Gasteiger partial charge in [0.05, 0.1) is 11.1 Å². The van der Waals surface area contributed by atoms with Crippen LogP contribution in [-0.2, 0) is 9.59 Å². The van der Waals surface area contributed by atoms with E-state index in [1.807, 2.05) is 0 Å². The highest BCUT2D eigenvalue weighted by atomic mass is 16.5. The number of carbonyl (C=O) groups excluding carboxylic acids is 2. The zero-order valence-corrected chi connectivity index (χ0v) is 13.5. The lowest BCUT2D eigenvalue weighted by molar-refractivity contribution is -0.161. The Morgan fingerprint density at radius 3 is 2.46 bits per heavy atom. The molecule has 1 aliphatic heterocycles. The Kier molecular flexibility index (Phi) is 2.97. The topological polar surface area (TPSA) is 64.6 Å². The molecule has 4 bridgehead atoms. The average molecular weight is 327 g/mol. The summed E-state index contributed by atoms with van der Waals surface area (Å²) in [5.41, 5.74) is 0.298. The lowest BCUT2D eigenvalue weighted by Crippen LogP contribution is -2.51. The average Bonchev–Trinajstić information content (AvgIpc) is 2.53. The van der Waals surface area contributed by atoms with Crippen molar-refractivity contribution >= 4 is 17.6 Å². The third-order valence-electron chi connectivity index (χ3n) is 6.27. The third-order valence-corrected chi connectivity index (χ3v) is 6.27. The zero-order valence-electron chi connectivity index (χ0n) is 13.5. The van der Waals surface area contributed by atoms with Crippen molar-refractivity contribution in [2.45, 2.75) is 38.5 Å². The summed E-state index contributed by atoms with van der Waals surface area (Å²) in [7, 11) is 0. The molecule has 1 aromatic rings. The fraction of sp³-hybridized carbons (Fsp3) is 0.579. The predicted molar refractivity (Wildman–Crippen MR) is 86.8 cm³/mol. The molecular weight excluding hydrogens is 306 g/mol. The molecular formula is C19H21NO4. The van der Waals surface area contributed by atoms with Crippen molar-refractivity contribution in [3.05, 3.63) is 18.2 Å². The fourth-order valence-corrected chi connectivity index (χ4v) is 5.70. The van der Waals surface area contributed by atoms with E-state index in [9.17, 15) is 9.59 Å². The molecule has 126 valence electrons. The summed E-state index contributed by atoms with van der Waals surface area (Å²) in [6.07, 6.45) is 6.87.